The van der Waals surface area contributed by atoms with Gasteiger partial charge in [-0.3, -0.25) is 9.35 Å². The van der Waals surface area contributed by atoms with Crippen LogP contribution < -0.4 is 5.73 Å². The molecular formula is C7H16N2O5S3. The predicted molar refractivity (Wildman–Crippen MR) is 71.8 cm³/mol. The molecule has 0 aliphatic carbocycles. The largest absolute Gasteiger partial charge is 0.471 e. The molecule has 0 aliphatic rings. The van der Waals surface area contributed by atoms with Crippen molar-refractivity contribution in [2.24, 2.45) is 5.73 Å². The van der Waals surface area contributed by atoms with Crippen molar-refractivity contribution in [2.45, 2.75) is 6.42 Å². The van der Waals surface area contributed by atoms with Gasteiger partial charge in [-0.1, -0.05) is 12.6 Å². The maximum atomic E-state index is 10.3. The lowest BCUT2D eigenvalue weighted by molar-refractivity contribution is 0.267. The maximum absolute atomic E-state index is 10.3. The van der Waals surface area contributed by atoms with Gasteiger partial charge in [-0.2, -0.15) is 8.42 Å². The Morgan fingerprint density at radius 1 is 1.53 bits per heavy atom. The summed E-state index contributed by atoms with van der Waals surface area (Å²) < 4.78 is 33.9. The molecule has 1 amide bonds. The lowest BCUT2D eigenvalue weighted by atomic mass is 10.5. The molecule has 10 heteroatoms. The fraction of sp³-hybridized carbons (Fsp3) is 0.714. The molecule has 0 saturated carbocycles. The van der Waals surface area contributed by atoms with E-state index in [1.807, 2.05) is 0 Å². The number of nitrogens with zero attached hydrogens (tertiary/aromatic N) is 1. The number of rotatable bonds is 4. The van der Waals surface area contributed by atoms with E-state index >= 15 is 0 Å². The van der Waals surface area contributed by atoms with Crippen LogP contribution in [0.5, 0.6) is 0 Å². The molecule has 0 aromatic carbocycles. The minimum Gasteiger partial charge on any atom is -0.471 e. The Hall–Kier alpha value is -0.580. The van der Waals surface area contributed by atoms with Gasteiger partial charge in [0.2, 0.25) is 0 Å². The van der Waals surface area contributed by atoms with Crippen molar-refractivity contribution in [1.82, 2.24) is 4.90 Å². The molecule has 0 heterocycles. The van der Waals surface area contributed by atoms with Crippen LogP contribution >= 0.6 is 24.8 Å². The topological polar surface area (TPSA) is 110 Å². The zero-order valence-corrected chi connectivity index (χ0v) is 12.0. The molecule has 0 saturated heterocycles. The molecule has 0 rings (SSSR count). The number of carbonyl (C=O) groups is 1. The molecule has 3 N–H and O–H groups in total. The third-order valence-corrected chi connectivity index (χ3v) is 2.42. The molecule has 0 aromatic heterocycles. The Bertz CT molecular complexity index is 337. The summed E-state index contributed by atoms with van der Waals surface area (Å²) in [5, 5.41) is -0.338. The smallest absolute Gasteiger partial charge is 0.273 e. The fourth-order valence-electron chi connectivity index (χ4n) is 0.530. The number of hydrogen-bond acceptors (Lipinski definition) is 5. The molecule has 0 aromatic rings. The van der Waals surface area contributed by atoms with Crippen molar-refractivity contribution in [1.29, 1.82) is 0 Å². The average Bonchev–Trinajstić information content (AvgIpc) is 2.09. The minimum absolute atomic E-state index is 0.191. The molecule has 102 valence electrons. The molecule has 0 radical (unpaired) electrons. The lowest BCUT2D eigenvalue weighted by Crippen LogP contribution is -2.23. The van der Waals surface area contributed by atoms with Gasteiger partial charge < -0.3 is 15.4 Å². The molecule has 0 unspecified atom stereocenters. The molecule has 0 aliphatic heterocycles. The van der Waals surface area contributed by atoms with E-state index in [4.69, 9.17) is 26.3 Å². The Balaban J connectivity index is 0. The van der Waals surface area contributed by atoms with Crippen molar-refractivity contribution >= 4 is 45.4 Å². The number of hydrogen-bond donors (Lipinski definition) is 3. The van der Waals surface area contributed by atoms with E-state index in [0.29, 0.717) is 5.17 Å². The van der Waals surface area contributed by atoms with Crippen LogP contribution in [0, 0.1) is 0 Å². The second kappa shape index (κ2) is 9.45. The summed E-state index contributed by atoms with van der Waals surface area (Å²) in [4.78, 5) is 10.7. The highest BCUT2D eigenvalue weighted by atomic mass is 32.2. The third kappa shape index (κ3) is 21.3. The van der Waals surface area contributed by atoms with Crippen LogP contribution in [0.1, 0.15) is 6.42 Å². The summed E-state index contributed by atoms with van der Waals surface area (Å²) in [6.07, 6.45) is 0.229. The van der Waals surface area contributed by atoms with Crippen LogP contribution in [0.15, 0.2) is 0 Å². The maximum Gasteiger partial charge on any atom is 0.273 e. The Labute approximate surface area is 111 Å². The first-order valence-electron chi connectivity index (χ1n) is 4.34. The second-order valence-electron chi connectivity index (χ2n) is 2.99. The van der Waals surface area contributed by atoms with E-state index in [-0.39, 0.29) is 18.8 Å². The van der Waals surface area contributed by atoms with Crippen LogP contribution in [-0.4, -0.2) is 54.7 Å². The van der Waals surface area contributed by atoms with Crippen molar-refractivity contribution < 1.29 is 22.5 Å². The summed E-state index contributed by atoms with van der Waals surface area (Å²) in [6.45, 7) is 0.191. The van der Waals surface area contributed by atoms with E-state index in [1.54, 1.807) is 19.0 Å². The highest BCUT2D eigenvalue weighted by Gasteiger charge is 2.05. The van der Waals surface area contributed by atoms with Gasteiger partial charge in [0, 0.05) is 14.1 Å². The third-order valence-electron chi connectivity index (χ3n) is 1.14. The fourth-order valence-corrected chi connectivity index (χ4v) is 1.10. The summed E-state index contributed by atoms with van der Waals surface area (Å²) >= 11 is 7.88. The number of thiol groups is 1. The van der Waals surface area contributed by atoms with Gasteiger partial charge in [0.1, 0.15) is 0 Å². The molecule has 17 heavy (non-hydrogen) atoms. The van der Waals surface area contributed by atoms with Gasteiger partial charge in [0.15, 0.2) is 0 Å². The van der Waals surface area contributed by atoms with E-state index < -0.39 is 15.4 Å². The molecule has 0 atom stereocenters. The monoisotopic (exact) mass is 304 g/mol. The molecular weight excluding hydrogens is 288 g/mol. The molecule has 0 fully saturated rings. The minimum atomic E-state index is -3.88. The first kappa shape index (κ1) is 18.8. The quantitative estimate of drug-likeness (QED) is 0.293. The van der Waals surface area contributed by atoms with E-state index in [2.05, 4.69) is 18.4 Å². The van der Waals surface area contributed by atoms with Crippen LogP contribution in [0.4, 0.5) is 4.79 Å². The highest BCUT2D eigenvalue weighted by molar-refractivity contribution is 7.96. The van der Waals surface area contributed by atoms with Crippen LogP contribution in [0.3, 0.4) is 0 Å². The number of thiocarbonyl (C=S) groups is 1. The standard InChI is InChI=1S/C6H13NO4S2.CH3NOS/c1-7(2)6(12)11-4-3-5-13(8,9)10;2-1(3)4/h3-5H2,1-2H3,(H,8,9,10);(H3,2,3,4). The van der Waals surface area contributed by atoms with Gasteiger partial charge in [-0.25, -0.2) is 0 Å². The van der Waals surface area contributed by atoms with Crippen molar-refractivity contribution in [3.63, 3.8) is 0 Å². The van der Waals surface area contributed by atoms with Gasteiger partial charge in [0.05, 0.1) is 12.4 Å². The Morgan fingerprint density at radius 2 is 1.94 bits per heavy atom. The average molecular weight is 304 g/mol. The number of ether oxygens (including phenoxy) is 1. The summed E-state index contributed by atoms with van der Waals surface area (Å²) in [5.74, 6) is -0.303. The summed E-state index contributed by atoms with van der Waals surface area (Å²) in [6, 6.07) is 0. The van der Waals surface area contributed by atoms with Crippen LogP contribution in [0.2, 0.25) is 0 Å². The van der Waals surface area contributed by atoms with Gasteiger partial charge in [-0.15, -0.1) is 0 Å². The van der Waals surface area contributed by atoms with E-state index in [0.717, 1.165) is 0 Å². The molecule has 0 spiro atoms. The zero-order valence-electron chi connectivity index (χ0n) is 9.49. The first-order valence-corrected chi connectivity index (χ1v) is 6.80. The zero-order chi connectivity index (χ0) is 14.1. The van der Waals surface area contributed by atoms with Crippen molar-refractivity contribution in [3.05, 3.63) is 0 Å². The predicted octanol–water partition coefficient (Wildman–Crippen LogP) is 0.122. The van der Waals surface area contributed by atoms with E-state index in [1.165, 1.54) is 0 Å². The van der Waals surface area contributed by atoms with Crippen LogP contribution in [-0.2, 0) is 14.9 Å². The van der Waals surface area contributed by atoms with Gasteiger partial charge in [-0.05, 0) is 18.6 Å². The molecule has 0 bridgehead atoms. The Morgan fingerprint density at radius 3 is 2.24 bits per heavy atom. The number of amides is 1. The van der Waals surface area contributed by atoms with Gasteiger partial charge in [0.25, 0.3) is 20.5 Å². The van der Waals surface area contributed by atoms with E-state index in [9.17, 15) is 8.42 Å². The van der Waals surface area contributed by atoms with Crippen molar-refractivity contribution in [3.8, 4) is 0 Å². The summed E-state index contributed by atoms with van der Waals surface area (Å²) in [7, 11) is -0.425. The van der Waals surface area contributed by atoms with Crippen molar-refractivity contribution in [2.75, 3.05) is 26.5 Å². The first-order chi connectivity index (χ1) is 7.56. The normalized spacial score (nSPS) is 9.88. The highest BCUT2D eigenvalue weighted by Crippen LogP contribution is 1.92. The molecule has 7 nitrogen and oxygen atoms in total. The number of carbonyl (C=O) groups excluding carboxylic acids is 1. The summed E-state index contributed by atoms with van der Waals surface area (Å²) in [5.41, 5.74) is 4.34. The van der Waals surface area contributed by atoms with Crippen LogP contribution in [0.25, 0.3) is 0 Å². The van der Waals surface area contributed by atoms with Gasteiger partial charge >= 0.3 is 0 Å². The number of primary amides is 1. The number of nitrogens with two attached hydrogens (primary N) is 1. The lowest BCUT2D eigenvalue weighted by Gasteiger charge is -2.13. The second-order valence-corrected chi connectivity index (χ2v) is 5.35. The SMILES string of the molecule is CN(C)C(=S)OCCCS(=O)(=O)O.NC(=O)S. The Kier molecular flexibility index (Phi) is 10.4.